The van der Waals surface area contributed by atoms with Crippen LogP contribution in [0.2, 0.25) is 0 Å². The minimum atomic E-state index is -0.682. The fourth-order valence-corrected chi connectivity index (χ4v) is 3.78. The summed E-state index contributed by atoms with van der Waals surface area (Å²) in [4.78, 5) is 10.7. The zero-order valence-electron chi connectivity index (χ0n) is 9.78. The summed E-state index contributed by atoms with van der Waals surface area (Å²) in [6.07, 6.45) is 5.92. The van der Waals surface area contributed by atoms with E-state index in [0.717, 1.165) is 25.2 Å². The number of carboxylic acids is 1. The highest BCUT2D eigenvalue weighted by Gasteiger charge is 2.42. The Kier molecular flexibility index (Phi) is 3.80. The lowest BCUT2D eigenvalue weighted by atomic mass is 9.75. The summed E-state index contributed by atoms with van der Waals surface area (Å²) in [5, 5.41) is 9.44. The van der Waals surface area contributed by atoms with Crippen molar-refractivity contribution in [2.45, 2.75) is 49.9 Å². The fraction of sp³-hybridized carbons (Fsp3) is 0.917. The molecule has 0 aromatic rings. The van der Waals surface area contributed by atoms with Crippen LogP contribution >= 0.6 is 11.8 Å². The summed E-state index contributed by atoms with van der Waals surface area (Å²) >= 11 is 1.82. The summed E-state index contributed by atoms with van der Waals surface area (Å²) in [5.41, 5.74) is 0.183. The van der Waals surface area contributed by atoms with E-state index in [1.807, 2.05) is 11.8 Å². The molecule has 1 saturated carbocycles. The van der Waals surface area contributed by atoms with E-state index in [9.17, 15) is 4.79 Å². The SMILES string of the molecule is CC(CSC1CCOC2(CCC2)C1)C(=O)O. The van der Waals surface area contributed by atoms with Crippen molar-refractivity contribution in [3.8, 4) is 0 Å². The maximum absolute atomic E-state index is 10.7. The van der Waals surface area contributed by atoms with Crippen LogP contribution in [-0.4, -0.2) is 34.3 Å². The van der Waals surface area contributed by atoms with E-state index < -0.39 is 5.97 Å². The second-order valence-electron chi connectivity index (χ2n) is 5.07. The predicted octanol–water partition coefficient (Wildman–Crippen LogP) is 2.54. The molecule has 0 amide bonds. The summed E-state index contributed by atoms with van der Waals surface area (Å²) in [6, 6.07) is 0. The number of rotatable bonds is 4. The molecule has 0 bridgehead atoms. The molecule has 3 nitrogen and oxygen atoms in total. The lowest BCUT2D eigenvalue weighted by Crippen LogP contribution is -2.46. The van der Waals surface area contributed by atoms with Gasteiger partial charge in [-0.05, 0) is 32.1 Å². The van der Waals surface area contributed by atoms with Gasteiger partial charge in [0.1, 0.15) is 0 Å². The number of ether oxygens (including phenoxy) is 1. The van der Waals surface area contributed by atoms with E-state index >= 15 is 0 Å². The topological polar surface area (TPSA) is 46.5 Å². The third-order valence-electron chi connectivity index (χ3n) is 3.72. The van der Waals surface area contributed by atoms with Crippen LogP contribution in [0, 0.1) is 5.92 Å². The van der Waals surface area contributed by atoms with Gasteiger partial charge in [0, 0.05) is 17.6 Å². The molecule has 0 radical (unpaired) electrons. The van der Waals surface area contributed by atoms with Gasteiger partial charge in [-0.25, -0.2) is 0 Å². The second kappa shape index (κ2) is 4.96. The number of aliphatic carboxylic acids is 1. The second-order valence-corrected chi connectivity index (χ2v) is 6.41. The zero-order chi connectivity index (χ0) is 11.6. The lowest BCUT2D eigenvalue weighted by Gasteiger charge is -2.47. The van der Waals surface area contributed by atoms with E-state index in [-0.39, 0.29) is 11.5 Å². The normalized spacial score (nSPS) is 29.7. The van der Waals surface area contributed by atoms with Gasteiger partial charge in [-0.1, -0.05) is 6.92 Å². The van der Waals surface area contributed by atoms with Gasteiger partial charge in [0.2, 0.25) is 0 Å². The molecule has 2 rings (SSSR count). The van der Waals surface area contributed by atoms with E-state index in [4.69, 9.17) is 9.84 Å². The highest BCUT2D eigenvalue weighted by Crippen LogP contribution is 2.45. The monoisotopic (exact) mass is 244 g/mol. The molecular formula is C12H20O3S. The molecule has 16 heavy (non-hydrogen) atoms. The first-order valence-corrected chi connectivity index (χ1v) is 7.15. The van der Waals surface area contributed by atoms with Crippen molar-refractivity contribution in [1.82, 2.24) is 0 Å². The summed E-state index contributed by atoms with van der Waals surface area (Å²) < 4.78 is 5.86. The zero-order valence-corrected chi connectivity index (χ0v) is 10.6. The summed E-state index contributed by atoms with van der Waals surface area (Å²) in [7, 11) is 0. The molecule has 2 fully saturated rings. The van der Waals surface area contributed by atoms with Crippen LogP contribution in [0.4, 0.5) is 0 Å². The van der Waals surface area contributed by atoms with Crippen LogP contribution in [-0.2, 0) is 9.53 Å². The molecule has 92 valence electrons. The Balaban J connectivity index is 1.75. The maximum atomic E-state index is 10.7. The maximum Gasteiger partial charge on any atom is 0.307 e. The van der Waals surface area contributed by atoms with Crippen LogP contribution in [0.3, 0.4) is 0 Å². The van der Waals surface area contributed by atoms with Gasteiger partial charge in [0.05, 0.1) is 11.5 Å². The Labute approximate surface area is 101 Å². The highest BCUT2D eigenvalue weighted by molar-refractivity contribution is 7.99. The molecule has 2 unspecified atom stereocenters. The Bertz CT molecular complexity index is 263. The first-order chi connectivity index (χ1) is 7.61. The van der Waals surface area contributed by atoms with Gasteiger partial charge in [-0.2, -0.15) is 11.8 Å². The highest BCUT2D eigenvalue weighted by atomic mass is 32.2. The van der Waals surface area contributed by atoms with Crippen LogP contribution in [0.15, 0.2) is 0 Å². The molecule has 4 heteroatoms. The lowest BCUT2D eigenvalue weighted by molar-refractivity contribution is -0.140. The predicted molar refractivity (Wildman–Crippen MR) is 64.8 cm³/mol. The molecule has 1 N–H and O–H groups in total. The van der Waals surface area contributed by atoms with E-state index in [0.29, 0.717) is 5.25 Å². The Hall–Kier alpha value is -0.220. The minimum absolute atomic E-state index is 0.183. The quantitative estimate of drug-likeness (QED) is 0.825. The Morgan fingerprint density at radius 2 is 2.38 bits per heavy atom. The molecule has 1 heterocycles. The molecule has 0 aromatic heterocycles. The Morgan fingerprint density at radius 1 is 1.62 bits per heavy atom. The molecule has 1 aliphatic heterocycles. The first kappa shape index (κ1) is 12.2. The largest absolute Gasteiger partial charge is 0.481 e. The van der Waals surface area contributed by atoms with Crippen molar-refractivity contribution in [2.24, 2.45) is 5.92 Å². The third kappa shape index (κ3) is 2.72. The van der Waals surface area contributed by atoms with Crippen molar-refractivity contribution in [2.75, 3.05) is 12.4 Å². The average molecular weight is 244 g/mol. The molecule has 0 aromatic carbocycles. The average Bonchev–Trinajstić information content (AvgIpc) is 2.24. The molecule has 1 spiro atoms. The van der Waals surface area contributed by atoms with Crippen LogP contribution in [0.25, 0.3) is 0 Å². The van der Waals surface area contributed by atoms with Crippen LogP contribution in [0.5, 0.6) is 0 Å². The molecule has 2 aliphatic rings. The van der Waals surface area contributed by atoms with Crippen molar-refractivity contribution in [3.05, 3.63) is 0 Å². The molecular weight excluding hydrogens is 224 g/mol. The van der Waals surface area contributed by atoms with Crippen molar-refractivity contribution >= 4 is 17.7 Å². The van der Waals surface area contributed by atoms with E-state index in [1.54, 1.807) is 6.92 Å². The van der Waals surface area contributed by atoms with Gasteiger partial charge < -0.3 is 9.84 Å². The van der Waals surface area contributed by atoms with Gasteiger partial charge in [-0.3, -0.25) is 4.79 Å². The van der Waals surface area contributed by atoms with Crippen molar-refractivity contribution < 1.29 is 14.6 Å². The summed E-state index contributed by atoms with van der Waals surface area (Å²) in [6.45, 7) is 2.65. The Morgan fingerprint density at radius 3 is 2.94 bits per heavy atom. The first-order valence-electron chi connectivity index (χ1n) is 6.10. The minimum Gasteiger partial charge on any atom is -0.481 e. The van der Waals surface area contributed by atoms with Crippen LogP contribution < -0.4 is 0 Å². The van der Waals surface area contributed by atoms with Gasteiger partial charge in [-0.15, -0.1) is 0 Å². The number of thioether (sulfide) groups is 1. The van der Waals surface area contributed by atoms with E-state index in [2.05, 4.69) is 0 Å². The molecule has 1 saturated heterocycles. The number of carboxylic acid groups (broad SMARTS) is 1. The number of hydrogen-bond donors (Lipinski definition) is 1. The van der Waals surface area contributed by atoms with Gasteiger partial charge in [0.15, 0.2) is 0 Å². The standard InChI is InChI=1S/C12H20O3S/c1-9(11(13)14)8-16-10-3-6-15-12(7-10)4-2-5-12/h9-10H,2-8H2,1H3,(H,13,14). The number of carbonyl (C=O) groups is 1. The fourth-order valence-electron chi connectivity index (χ4n) is 2.40. The van der Waals surface area contributed by atoms with Crippen LogP contribution in [0.1, 0.15) is 39.0 Å². The molecule has 2 atom stereocenters. The van der Waals surface area contributed by atoms with Gasteiger partial charge in [0.25, 0.3) is 0 Å². The summed E-state index contributed by atoms with van der Waals surface area (Å²) in [5.74, 6) is -0.182. The van der Waals surface area contributed by atoms with Crippen molar-refractivity contribution in [1.29, 1.82) is 0 Å². The third-order valence-corrected chi connectivity index (χ3v) is 5.28. The van der Waals surface area contributed by atoms with Crippen molar-refractivity contribution in [3.63, 3.8) is 0 Å². The van der Waals surface area contributed by atoms with E-state index in [1.165, 1.54) is 19.3 Å². The smallest absolute Gasteiger partial charge is 0.307 e. The number of hydrogen-bond acceptors (Lipinski definition) is 3. The molecule has 1 aliphatic carbocycles. The van der Waals surface area contributed by atoms with Gasteiger partial charge >= 0.3 is 5.97 Å².